The van der Waals surface area contributed by atoms with Crippen molar-refractivity contribution in [2.24, 2.45) is 5.92 Å². The Morgan fingerprint density at radius 3 is 2.38 bits per heavy atom. The molecule has 2 heteroatoms. The molecular weight excluding hydrogens is 164 g/mol. The summed E-state index contributed by atoms with van der Waals surface area (Å²) in [5.41, 5.74) is 2.28. The highest BCUT2D eigenvalue weighted by atomic mass is 16.4. The molecule has 13 heavy (non-hydrogen) atoms. The molecule has 1 atom stereocenters. The molecule has 1 aromatic carbocycles. The van der Waals surface area contributed by atoms with Crippen molar-refractivity contribution in [1.82, 2.24) is 0 Å². The van der Waals surface area contributed by atoms with Crippen LogP contribution in [0.5, 0.6) is 0 Å². The first-order valence-corrected chi connectivity index (χ1v) is 4.38. The van der Waals surface area contributed by atoms with Crippen LogP contribution in [0.4, 0.5) is 0 Å². The number of aliphatic carboxylic acids is 1. The van der Waals surface area contributed by atoms with Crippen molar-refractivity contribution in [2.75, 3.05) is 0 Å². The minimum absolute atomic E-state index is 0.303. The van der Waals surface area contributed by atoms with Gasteiger partial charge in [-0.15, -0.1) is 0 Å². The van der Waals surface area contributed by atoms with E-state index in [0.29, 0.717) is 6.42 Å². The second kappa shape index (κ2) is 4.08. The molecule has 0 unspecified atom stereocenters. The molecule has 0 fully saturated rings. The Hall–Kier alpha value is -1.31. The zero-order chi connectivity index (χ0) is 9.84. The monoisotopic (exact) mass is 178 g/mol. The molecule has 0 aliphatic carbocycles. The van der Waals surface area contributed by atoms with Crippen LogP contribution in [-0.2, 0) is 11.2 Å². The molecule has 2 nitrogen and oxygen atoms in total. The summed E-state index contributed by atoms with van der Waals surface area (Å²) in [7, 11) is 0. The molecule has 1 rings (SSSR count). The highest BCUT2D eigenvalue weighted by Crippen LogP contribution is 2.09. The average Bonchev–Trinajstić information content (AvgIpc) is 2.08. The van der Waals surface area contributed by atoms with Crippen LogP contribution in [0.15, 0.2) is 24.3 Å². The van der Waals surface area contributed by atoms with E-state index < -0.39 is 5.97 Å². The zero-order valence-corrected chi connectivity index (χ0v) is 7.95. The van der Waals surface area contributed by atoms with Crippen molar-refractivity contribution in [3.8, 4) is 0 Å². The van der Waals surface area contributed by atoms with Crippen LogP contribution < -0.4 is 0 Å². The fourth-order valence-corrected chi connectivity index (χ4v) is 1.17. The van der Waals surface area contributed by atoms with Crippen LogP contribution in [0.3, 0.4) is 0 Å². The zero-order valence-electron chi connectivity index (χ0n) is 7.95. The van der Waals surface area contributed by atoms with Crippen LogP contribution >= 0.6 is 0 Å². The molecule has 0 amide bonds. The van der Waals surface area contributed by atoms with Gasteiger partial charge in [0.15, 0.2) is 0 Å². The van der Waals surface area contributed by atoms with Gasteiger partial charge in [0.2, 0.25) is 0 Å². The van der Waals surface area contributed by atoms with Crippen LogP contribution in [0.1, 0.15) is 18.1 Å². The van der Waals surface area contributed by atoms with Gasteiger partial charge in [-0.2, -0.15) is 0 Å². The quantitative estimate of drug-likeness (QED) is 0.770. The first-order chi connectivity index (χ1) is 6.09. The predicted molar refractivity (Wildman–Crippen MR) is 51.7 cm³/mol. The summed E-state index contributed by atoms with van der Waals surface area (Å²) in [6.07, 6.45) is 0.607. The summed E-state index contributed by atoms with van der Waals surface area (Å²) in [5.74, 6) is -1.04. The number of hydrogen-bond donors (Lipinski definition) is 1. The molecule has 0 aliphatic rings. The lowest BCUT2D eigenvalue weighted by Gasteiger charge is -2.05. The molecular formula is C11H14O2. The van der Waals surface area contributed by atoms with Gasteiger partial charge in [-0.25, -0.2) is 0 Å². The number of aryl methyl sites for hydroxylation is 1. The maximum absolute atomic E-state index is 10.6. The normalized spacial score (nSPS) is 12.5. The Bertz CT molecular complexity index is 287. The Balaban J connectivity index is 2.64. The highest BCUT2D eigenvalue weighted by molar-refractivity contribution is 5.69. The molecule has 70 valence electrons. The van der Waals surface area contributed by atoms with E-state index in [2.05, 4.69) is 0 Å². The van der Waals surface area contributed by atoms with Gasteiger partial charge in [0.25, 0.3) is 0 Å². The molecule has 0 aliphatic heterocycles. The van der Waals surface area contributed by atoms with E-state index in [-0.39, 0.29) is 5.92 Å². The van der Waals surface area contributed by atoms with E-state index in [9.17, 15) is 4.79 Å². The maximum atomic E-state index is 10.6. The van der Waals surface area contributed by atoms with E-state index >= 15 is 0 Å². The Morgan fingerprint density at radius 1 is 1.38 bits per heavy atom. The third-order valence-corrected chi connectivity index (χ3v) is 2.08. The second-order valence-corrected chi connectivity index (χ2v) is 3.43. The Kier molecular flexibility index (Phi) is 3.07. The molecule has 0 bridgehead atoms. The molecule has 0 spiro atoms. The minimum Gasteiger partial charge on any atom is -0.481 e. The summed E-state index contributed by atoms with van der Waals surface area (Å²) in [6, 6.07) is 7.97. The summed E-state index contributed by atoms with van der Waals surface area (Å²) < 4.78 is 0. The van der Waals surface area contributed by atoms with Crippen molar-refractivity contribution in [3.05, 3.63) is 35.4 Å². The fraction of sp³-hybridized carbons (Fsp3) is 0.364. The number of hydrogen-bond acceptors (Lipinski definition) is 1. The van der Waals surface area contributed by atoms with E-state index in [1.165, 1.54) is 5.56 Å². The summed E-state index contributed by atoms with van der Waals surface area (Å²) >= 11 is 0. The highest BCUT2D eigenvalue weighted by Gasteiger charge is 2.10. The Labute approximate surface area is 78.2 Å². The summed E-state index contributed by atoms with van der Waals surface area (Å²) in [4.78, 5) is 10.6. The lowest BCUT2D eigenvalue weighted by molar-refractivity contribution is -0.141. The van der Waals surface area contributed by atoms with E-state index in [1.54, 1.807) is 6.92 Å². The lowest BCUT2D eigenvalue weighted by atomic mass is 10.0. The predicted octanol–water partition coefficient (Wildman–Crippen LogP) is 2.26. The van der Waals surface area contributed by atoms with Crippen LogP contribution in [0, 0.1) is 12.8 Å². The third kappa shape index (κ3) is 2.90. The van der Waals surface area contributed by atoms with E-state index in [1.807, 2.05) is 31.2 Å². The summed E-state index contributed by atoms with van der Waals surface area (Å²) in [5, 5.41) is 8.70. The largest absolute Gasteiger partial charge is 0.481 e. The third-order valence-electron chi connectivity index (χ3n) is 2.08. The number of benzene rings is 1. The lowest BCUT2D eigenvalue weighted by Crippen LogP contribution is -2.12. The van der Waals surface area contributed by atoms with Crippen LogP contribution in [0.25, 0.3) is 0 Å². The number of rotatable bonds is 3. The first-order valence-electron chi connectivity index (χ1n) is 4.38. The van der Waals surface area contributed by atoms with Crippen molar-refractivity contribution in [3.63, 3.8) is 0 Å². The second-order valence-electron chi connectivity index (χ2n) is 3.43. The van der Waals surface area contributed by atoms with E-state index in [4.69, 9.17) is 5.11 Å². The number of carboxylic acids is 1. The van der Waals surface area contributed by atoms with Crippen molar-refractivity contribution in [2.45, 2.75) is 20.3 Å². The fourth-order valence-electron chi connectivity index (χ4n) is 1.17. The van der Waals surface area contributed by atoms with Gasteiger partial charge in [0.1, 0.15) is 0 Å². The SMILES string of the molecule is Cc1ccc(C[C@@H](C)C(=O)O)cc1. The van der Waals surface area contributed by atoms with Gasteiger partial charge >= 0.3 is 5.97 Å². The van der Waals surface area contributed by atoms with E-state index in [0.717, 1.165) is 5.56 Å². The first kappa shape index (κ1) is 9.78. The molecule has 0 radical (unpaired) electrons. The maximum Gasteiger partial charge on any atom is 0.306 e. The smallest absolute Gasteiger partial charge is 0.306 e. The molecule has 0 saturated heterocycles. The van der Waals surface area contributed by atoms with Gasteiger partial charge in [-0.1, -0.05) is 36.8 Å². The molecule has 1 aromatic rings. The number of carbonyl (C=O) groups is 1. The minimum atomic E-state index is -0.736. The van der Waals surface area contributed by atoms with Gasteiger partial charge in [-0.3, -0.25) is 4.79 Å². The van der Waals surface area contributed by atoms with Gasteiger partial charge in [-0.05, 0) is 18.9 Å². The topological polar surface area (TPSA) is 37.3 Å². The summed E-state index contributed by atoms with van der Waals surface area (Å²) in [6.45, 7) is 3.74. The van der Waals surface area contributed by atoms with Gasteiger partial charge in [0, 0.05) is 0 Å². The number of carboxylic acid groups (broad SMARTS) is 1. The standard InChI is InChI=1S/C11H14O2/c1-8-3-5-10(6-4-8)7-9(2)11(12)13/h3-6,9H,7H2,1-2H3,(H,12,13)/t9-/m1/s1. The van der Waals surface area contributed by atoms with Crippen molar-refractivity contribution in [1.29, 1.82) is 0 Å². The van der Waals surface area contributed by atoms with Crippen molar-refractivity contribution < 1.29 is 9.90 Å². The van der Waals surface area contributed by atoms with Gasteiger partial charge in [0.05, 0.1) is 5.92 Å². The van der Waals surface area contributed by atoms with Crippen LogP contribution in [-0.4, -0.2) is 11.1 Å². The Morgan fingerprint density at radius 2 is 1.92 bits per heavy atom. The molecule has 0 heterocycles. The van der Waals surface area contributed by atoms with Crippen molar-refractivity contribution >= 4 is 5.97 Å². The molecule has 1 N–H and O–H groups in total. The van der Waals surface area contributed by atoms with Crippen LogP contribution in [0.2, 0.25) is 0 Å². The molecule has 0 aromatic heterocycles. The van der Waals surface area contributed by atoms with Gasteiger partial charge < -0.3 is 5.11 Å². The average molecular weight is 178 g/mol. The molecule has 0 saturated carbocycles.